The molecule has 2 aromatic heterocycles. The minimum atomic E-state index is -3.29. The van der Waals surface area contributed by atoms with E-state index < -0.39 is 12.3 Å². The van der Waals surface area contributed by atoms with Crippen LogP contribution in [0.4, 0.5) is 14.6 Å². The van der Waals surface area contributed by atoms with E-state index in [4.69, 9.17) is 30.2 Å². The number of aliphatic hydroxyl groups is 1. The van der Waals surface area contributed by atoms with E-state index in [1.165, 1.54) is 0 Å². The van der Waals surface area contributed by atoms with E-state index >= 15 is 0 Å². The number of aromatic nitrogens is 2. The zero-order chi connectivity index (χ0) is 32.7. The third-order valence-electron chi connectivity index (χ3n) is 5.83. The number of carbonyl (C=O) groups excluding carboxylic acids is 1. The molecule has 0 aliphatic carbocycles. The van der Waals surface area contributed by atoms with Crippen molar-refractivity contribution in [1.82, 2.24) is 9.97 Å². The zero-order valence-electron chi connectivity index (χ0n) is 26.7. The molecule has 11 heteroatoms. The monoisotopic (exact) mass is 607 g/mol. The van der Waals surface area contributed by atoms with Gasteiger partial charge in [-0.15, -0.1) is 0 Å². The maximum absolute atomic E-state index is 13.0. The molecule has 4 rings (SSSR count). The first-order valence-electron chi connectivity index (χ1n) is 14.2. The van der Waals surface area contributed by atoms with Gasteiger partial charge >= 0.3 is 5.92 Å². The van der Waals surface area contributed by atoms with E-state index in [1.807, 2.05) is 65.8 Å². The number of furan rings is 1. The van der Waals surface area contributed by atoms with Gasteiger partial charge in [0.2, 0.25) is 0 Å². The number of carbonyl (C=O) groups is 1. The molecule has 0 saturated carbocycles. The number of ether oxygens (including phenoxy) is 3. The number of hydrogen-bond acceptors (Lipinski definition) is 9. The average Bonchev–Trinajstić information content (AvgIpc) is 3.62. The number of alkyl halides is 2. The first-order valence-corrected chi connectivity index (χ1v) is 14.2. The van der Waals surface area contributed by atoms with Crippen LogP contribution in [0.3, 0.4) is 0 Å². The van der Waals surface area contributed by atoms with E-state index in [-0.39, 0.29) is 37.1 Å². The molecule has 0 spiro atoms. The number of nitrogens with zero attached hydrogens (tertiary/aromatic N) is 3. The summed E-state index contributed by atoms with van der Waals surface area (Å²) < 4.78 is 47.1. The van der Waals surface area contributed by atoms with E-state index in [1.54, 1.807) is 7.11 Å². The number of methoxy groups -OCH3 is 1. The molecule has 0 radical (unpaired) electrons. The summed E-state index contributed by atoms with van der Waals surface area (Å²) in [7, 11) is 2.71. The van der Waals surface area contributed by atoms with Gasteiger partial charge in [-0.3, -0.25) is 4.79 Å². The van der Waals surface area contributed by atoms with Gasteiger partial charge in [-0.25, -0.2) is 9.97 Å². The van der Waals surface area contributed by atoms with Gasteiger partial charge in [0.1, 0.15) is 29.4 Å². The molecule has 0 bridgehead atoms. The van der Waals surface area contributed by atoms with Gasteiger partial charge in [-0.05, 0) is 72.9 Å². The van der Waals surface area contributed by atoms with Crippen molar-refractivity contribution >= 4 is 34.2 Å². The van der Waals surface area contributed by atoms with Crippen LogP contribution in [0.25, 0.3) is 22.1 Å². The number of aldehydes is 1. The van der Waals surface area contributed by atoms with Crippen LogP contribution in [-0.2, 0) is 25.6 Å². The number of fused-ring (bicyclic) bond motifs is 3. The first-order chi connectivity index (χ1) is 20.2. The van der Waals surface area contributed by atoms with Gasteiger partial charge in [-0.2, -0.15) is 8.78 Å². The highest BCUT2D eigenvalue weighted by Gasteiger charge is 2.27. The van der Waals surface area contributed by atoms with Crippen molar-refractivity contribution in [2.75, 3.05) is 38.8 Å². The lowest BCUT2D eigenvalue weighted by Gasteiger charge is -2.17. The smallest absolute Gasteiger partial charge is 0.302 e. The predicted octanol–water partition coefficient (Wildman–Crippen LogP) is 6.54. The SMILES string of the molecule is C#COC(C)(C)C.CO.COC(C)(C)C.O=CC(F)(F)CCCOCc1nc(N2CCCC2)c2oc3ccccc3c2n1. The lowest BCUT2D eigenvalue weighted by atomic mass is 10.2. The van der Waals surface area contributed by atoms with Crippen LogP contribution in [0.1, 0.15) is 73.1 Å². The second kappa shape index (κ2) is 17.7. The lowest BCUT2D eigenvalue weighted by molar-refractivity contribution is -0.130. The molecule has 3 aromatic rings. The van der Waals surface area contributed by atoms with Crippen molar-refractivity contribution in [2.24, 2.45) is 0 Å². The van der Waals surface area contributed by atoms with Gasteiger partial charge < -0.3 is 28.6 Å². The molecule has 9 nitrogen and oxygen atoms in total. The summed E-state index contributed by atoms with van der Waals surface area (Å²) in [6, 6.07) is 7.69. The van der Waals surface area contributed by atoms with Gasteiger partial charge in [-0.1, -0.05) is 18.6 Å². The topological polar surface area (TPSA) is 107 Å². The van der Waals surface area contributed by atoms with Crippen LogP contribution in [-0.4, -0.2) is 72.4 Å². The van der Waals surface area contributed by atoms with Crippen molar-refractivity contribution in [2.45, 2.75) is 91.0 Å². The summed E-state index contributed by atoms with van der Waals surface area (Å²) >= 11 is 0. The van der Waals surface area contributed by atoms with Gasteiger partial charge in [0.15, 0.2) is 23.5 Å². The van der Waals surface area contributed by atoms with E-state index in [9.17, 15) is 13.6 Å². The fourth-order valence-electron chi connectivity index (χ4n) is 3.64. The second-order valence-electron chi connectivity index (χ2n) is 11.6. The molecule has 0 amide bonds. The second-order valence-corrected chi connectivity index (χ2v) is 11.6. The van der Waals surface area contributed by atoms with E-state index in [0.717, 1.165) is 55.3 Å². The Morgan fingerprint density at radius 3 is 2.19 bits per heavy atom. The number of anilines is 1. The third-order valence-corrected chi connectivity index (χ3v) is 5.83. The Labute approximate surface area is 253 Å². The third kappa shape index (κ3) is 13.7. The molecule has 0 unspecified atom stereocenters. The van der Waals surface area contributed by atoms with Crippen LogP contribution in [0.15, 0.2) is 28.7 Å². The predicted molar refractivity (Wildman–Crippen MR) is 165 cm³/mol. The maximum Gasteiger partial charge on any atom is 0.302 e. The molecular weight excluding hydrogens is 560 g/mol. The van der Waals surface area contributed by atoms with Crippen LogP contribution in [0, 0.1) is 12.5 Å². The molecular formula is C32H47F2N3O6. The zero-order valence-corrected chi connectivity index (χ0v) is 26.7. The summed E-state index contributed by atoms with van der Waals surface area (Å²) in [6.45, 7) is 13.8. The highest BCUT2D eigenvalue weighted by Crippen LogP contribution is 2.34. The number of para-hydroxylation sites is 1. The largest absolute Gasteiger partial charge is 0.450 e. The summed E-state index contributed by atoms with van der Waals surface area (Å²) in [5, 5.41) is 7.91. The Hall–Kier alpha value is -3.33. The number of benzene rings is 1. The van der Waals surface area contributed by atoms with Gasteiger partial charge in [0, 0.05) is 45.7 Å². The fraction of sp³-hybridized carbons (Fsp3) is 0.594. The summed E-state index contributed by atoms with van der Waals surface area (Å²) in [5.74, 6) is -2.05. The molecule has 0 atom stereocenters. The minimum Gasteiger partial charge on any atom is -0.450 e. The lowest BCUT2D eigenvalue weighted by Crippen LogP contribution is -2.20. The number of aliphatic hydroxyl groups excluding tert-OH is 1. The minimum absolute atomic E-state index is 0.0417. The quantitative estimate of drug-likeness (QED) is 0.174. The fourth-order valence-corrected chi connectivity index (χ4v) is 3.64. The highest BCUT2D eigenvalue weighted by molar-refractivity contribution is 6.05. The Morgan fingerprint density at radius 2 is 1.67 bits per heavy atom. The van der Waals surface area contributed by atoms with Crippen LogP contribution in [0.5, 0.6) is 0 Å². The maximum atomic E-state index is 13.0. The van der Waals surface area contributed by atoms with E-state index in [2.05, 4.69) is 21.0 Å². The summed E-state index contributed by atoms with van der Waals surface area (Å²) in [6.07, 6.45) is 8.39. The van der Waals surface area contributed by atoms with Crippen LogP contribution < -0.4 is 4.90 Å². The van der Waals surface area contributed by atoms with Crippen molar-refractivity contribution in [3.63, 3.8) is 0 Å². The molecule has 240 valence electrons. The molecule has 1 aliphatic rings. The number of terminal acetylenes is 1. The van der Waals surface area contributed by atoms with E-state index in [0.29, 0.717) is 11.4 Å². The Kier molecular flexibility index (Phi) is 15.5. The average molecular weight is 608 g/mol. The molecule has 3 heterocycles. The van der Waals surface area contributed by atoms with Crippen LogP contribution >= 0.6 is 0 Å². The molecule has 1 N–H and O–H groups in total. The Bertz CT molecular complexity index is 1290. The molecule has 1 saturated heterocycles. The first kappa shape index (κ1) is 37.7. The molecule has 1 aromatic carbocycles. The van der Waals surface area contributed by atoms with Crippen molar-refractivity contribution in [3.05, 3.63) is 30.1 Å². The van der Waals surface area contributed by atoms with Gasteiger partial charge in [0.25, 0.3) is 0 Å². The van der Waals surface area contributed by atoms with Crippen molar-refractivity contribution < 1.29 is 37.3 Å². The van der Waals surface area contributed by atoms with Gasteiger partial charge in [0.05, 0.1) is 5.60 Å². The molecule has 43 heavy (non-hydrogen) atoms. The Balaban J connectivity index is 0.000000514. The molecule has 1 fully saturated rings. The molecule has 1 aliphatic heterocycles. The number of hydrogen-bond donors (Lipinski definition) is 1. The normalized spacial score (nSPS) is 13.2. The number of rotatable bonds is 8. The summed E-state index contributed by atoms with van der Waals surface area (Å²) in [5.41, 5.74) is 2.01. The van der Waals surface area contributed by atoms with Crippen molar-refractivity contribution in [1.29, 1.82) is 0 Å². The standard InChI is InChI=1S/C20H21F2N3O3.C6H10O.C5H12O.CH4O/c21-20(22,13-26)8-5-11-27-12-16-23-17-14-6-1-2-7-15(14)28-18(17)19(24-16)25-9-3-4-10-25;1-5-7-6(2,3)4;1-5(2,3)6-4;1-2/h1-2,6-7,13H,3-5,8-12H2;1H,2-4H3;1-4H3;2H,1H3. The van der Waals surface area contributed by atoms with Crippen molar-refractivity contribution in [3.8, 4) is 12.5 Å². The Morgan fingerprint density at radius 1 is 1.07 bits per heavy atom. The number of halogens is 2. The van der Waals surface area contributed by atoms with Crippen LogP contribution in [0.2, 0.25) is 0 Å². The highest BCUT2D eigenvalue weighted by atomic mass is 19.3. The summed E-state index contributed by atoms with van der Waals surface area (Å²) in [4.78, 5) is 21.7.